The largest absolute Gasteiger partial charge is 0.372 e. The second-order valence-electron chi connectivity index (χ2n) is 4.65. The molecule has 0 heterocycles. The van der Waals surface area contributed by atoms with Gasteiger partial charge in [0.05, 0.1) is 4.90 Å². The Morgan fingerprint density at radius 1 is 1.32 bits per heavy atom. The highest BCUT2D eigenvalue weighted by Crippen LogP contribution is 2.12. The zero-order valence-corrected chi connectivity index (χ0v) is 14.1. The van der Waals surface area contributed by atoms with Crippen LogP contribution in [0.1, 0.15) is 20.3 Å². The minimum absolute atomic E-state index is 0.236. The Bertz CT molecular complexity index is 524. The monoisotopic (exact) mass is 394 g/mol. The standard InChI is InChI=1S/C13H19IN2O2S/c1-10(2)8-9-15-11(3)16-19(17,18)13-6-4-12(14)5-7-13/h4-7,10,15-16H,3,8-9H2,1-2H3. The van der Waals surface area contributed by atoms with Crippen molar-refractivity contribution in [1.82, 2.24) is 10.0 Å². The van der Waals surface area contributed by atoms with E-state index in [0.29, 0.717) is 18.3 Å². The van der Waals surface area contributed by atoms with E-state index in [9.17, 15) is 8.42 Å². The van der Waals surface area contributed by atoms with Crippen LogP contribution in [0.25, 0.3) is 0 Å². The van der Waals surface area contributed by atoms with Gasteiger partial charge in [-0.05, 0) is 59.2 Å². The van der Waals surface area contributed by atoms with Gasteiger partial charge in [0.1, 0.15) is 5.82 Å². The van der Waals surface area contributed by atoms with Crippen LogP contribution in [0.4, 0.5) is 0 Å². The summed E-state index contributed by atoms with van der Waals surface area (Å²) < 4.78 is 27.5. The molecule has 0 amide bonds. The average molecular weight is 394 g/mol. The number of benzene rings is 1. The molecule has 6 heteroatoms. The molecule has 19 heavy (non-hydrogen) atoms. The lowest BCUT2D eigenvalue weighted by Gasteiger charge is -2.13. The minimum atomic E-state index is -3.54. The third-order valence-corrected chi connectivity index (χ3v) is 4.57. The van der Waals surface area contributed by atoms with Crippen molar-refractivity contribution in [3.05, 3.63) is 40.2 Å². The topological polar surface area (TPSA) is 58.2 Å². The van der Waals surface area contributed by atoms with Gasteiger partial charge >= 0.3 is 0 Å². The normalized spacial score (nSPS) is 11.4. The molecule has 0 radical (unpaired) electrons. The van der Waals surface area contributed by atoms with Crippen LogP contribution in [-0.4, -0.2) is 15.0 Å². The summed E-state index contributed by atoms with van der Waals surface area (Å²) in [6, 6.07) is 6.66. The van der Waals surface area contributed by atoms with Crippen molar-refractivity contribution in [3.8, 4) is 0 Å². The Hall–Kier alpha value is -0.760. The molecule has 0 bridgehead atoms. The molecule has 0 aromatic heterocycles. The van der Waals surface area contributed by atoms with Crippen LogP contribution in [-0.2, 0) is 10.0 Å². The number of hydrogen-bond acceptors (Lipinski definition) is 3. The molecule has 0 atom stereocenters. The summed E-state index contributed by atoms with van der Waals surface area (Å²) in [6.07, 6.45) is 0.963. The third kappa shape index (κ3) is 5.82. The van der Waals surface area contributed by atoms with Gasteiger partial charge < -0.3 is 5.32 Å². The fourth-order valence-corrected chi connectivity index (χ4v) is 2.75. The van der Waals surface area contributed by atoms with E-state index in [4.69, 9.17) is 0 Å². The lowest BCUT2D eigenvalue weighted by molar-refractivity contribution is 0.553. The lowest BCUT2D eigenvalue weighted by atomic mass is 10.1. The predicted octanol–water partition coefficient (Wildman–Crippen LogP) is 2.68. The minimum Gasteiger partial charge on any atom is -0.372 e. The molecule has 0 saturated carbocycles. The fraction of sp³-hybridized carbons (Fsp3) is 0.385. The van der Waals surface area contributed by atoms with Crippen molar-refractivity contribution in [2.45, 2.75) is 25.2 Å². The molecule has 2 N–H and O–H groups in total. The molecule has 4 nitrogen and oxygen atoms in total. The van der Waals surface area contributed by atoms with Gasteiger partial charge in [-0.2, -0.15) is 0 Å². The summed E-state index contributed by atoms with van der Waals surface area (Å²) in [5.41, 5.74) is 0. The van der Waals surface area contributed by atoms with Gasteiger partial charge in [0.15, 0.2) is 0 Å². The van der Waals surface area contributed by atoms with E-state index < -0.39 is 10.0 Å². The van der Waals surface area contributed by atoms with Gasteiger partial charge in [0.2, 0.25) is 0 Å². The van der Waals surface area contributed by atoms with E-state index in [2.05, 4.69) is 53.1 Å². The van der Waals surface area contributed by atoms with Gasteiger partial charge in [-0.1, -0.05) is 20.4 Å². The van der Waals surface area contributed by atoms with E-state index in [1.165, 1.54) is 0 Å². The first kappa shape index (κ1) is 16.3. The average Bonchev–Trinajstić information content (AvgIpc) is 2.28. The van der Waals surface area contributed by atoms with Crippen LogP contribution in [0.3, 0.4) is 0 Å². The zero-order chi connectivity index (χ0) is 14.5. The molecule has 0 aliphatic heterocycles. The number of hydrogen-bond donors (Lipinski definition) is 2. The van der Waals surface area contributed by atoms with E-state index in [0.717, 1.165) is 9.99 Å². The van der Waals surface area contributed by atoms with Crippen LogP contribution in [0, 0.1) is 9.49 Å². The highest BCUT2D eigenvalue weighted by Gasteiger charge is 2.14. The Morgan fingerprint density at radius 3 is 2.42 bits per heavy atom. The maximum Gasteiger partial charge on any atom is 0.262 e. The van der Waals surface area contributed by atoms with Crippen LogP contribution < -0.4 is 10.0 Å². The third-order valence-electron chi connectivity index (χ3n) is 2.44. The van der Waals surface area contributed by atoms with Crippen LogP contribution >= 0.6 is 22.6 Å². The molecule has 0 fully saturated rings. The van der Waals surface area contributed by atoms with Crippen LogP contribution in [0.5, 0.6) is 0 Å². The summed E-state index contributed by atoms with van der Waals surface area (Å²) in [5, 5.41) is 2.96. The van der Waals surface area contributed by atoms with Gasteiger partial charge in [0.25, 0.3) is 10.0 Å². The summed E-state index contributed by atoms with van der Waals surface area (Å²) in [4.78, 5) is 0.236. The molecule has 0 aliphatic rings. The van der Waals surface area contributed by atoms with E-state index >= 15 is 0 Å². The Kier molecular flexibility index (Phi) is 6.12. The maximum atomic E-state index is 12.0. The molecule has 0 unspecified atom stereocenters. The van der Waals surface area contributed by atoms with Gasteiger partial charge in [-0.15, -0.1) is 0 Å². The Morgan fingerprint density at radius 2 is 1.89 bits per heavy atom. The van der Waals surface area contributed by atoms with Gasteiger partial charge in [0, 0.05) is 10.1 Å². The number of sulfonamides is 1. The van der Waals surface area contributed by atoms with Crippen molar-refractivity contribution in [1.29, 1.82) is 0 Å². The van der Waals surface area contributed by atoms with Crippen LogP contribution in [0.2, 0.25) is 0 Å². The first-order chi connectivity index (χ1) is 8.81. The summed E-state index contributed by atoms with van der Waals surface area (Å²) >= 11 is 2.13. The van der Waals surface area contributed by atoms with Crippen molar-refractivity contribution in [3.63, 3.8) is 0 Å². The molecular weight excluding hydrogens is 375 g/mol. The second-order valence-corrected chi connectivity index (χ2v) is 7.58. The molecule has 1 aromatic rings. The Balaban J connectivity index is 2.59. The van der Waals surface area contributed by atoms with Crippen molar-refractivity contribution >= 4 is 32.6 Å². The molecule has 1 rings (SSSR count). The lowest BCUT2D eigenvalue weighted by Crippen LogP contribution is -2.31. The zero-order valence-electron chi connectivity index (χ0n) is 11.1. The predicted molar refractivity (Wildman–Crippen MR) is 86.1 cm³/mol. The SMILES string of the molecule is C=C(NCCC(C)C)NS(=O)(=O)c1ccc(I)cc1. The van der Waals surface area contributed by atoms with E-state index in [1.807, 2.05) is 0 Å². The summed E-state index contributed by atoms with van der Waals surface area (Å²) in [5.74, 6) is 0.868. The molecular formula is C13H19IN2O2S. The quantitative estimate of drug-likeness (QED) is 0.700. The Labute approximate surface area is 128 Å². The second kappa shape index (κ2) is 7.14. The van der Waals surface area contributed by atoms with Crippen molar-refractivity contribution in [2.75, 3.05) is 6.54 Å². The van der Waals surface area contributed by atoms with E-state index in [1.54, 1.807) is 24.3 Å². The first-order valence-corrected chi connectivity index (χ1v) is 8.58. The highest BCUT2D eigenvalue weighted by atomic mass is 127. The van der Waals surface area contributed by atoms with Gasteiger partial charge in [-0.3, -0.25) is 4.72 Å². The molecule has 106 valence electrons. The highest BCUT2D eigenvalue weighted by molar-refractivity contribution is 14.1. The molecule has 0 aliphatic carbocycles. The molecule has 0 spiro atoms. The van der Waals surface area contributed by atoms with E-state index in [-0.39, 0.29) is 4.90 Å². The molecule has 1 aromatic carbocycles. The van der Waals surface area contributed by atoms with Crippen molar-refractivity contribution < 1.29 is 8.42 Å². The maximum absolute atomic E-state index is 12.0. The van der Waals surface area contributed by atoms with Crippen molar-refractivity contribution in [2.24, 2.45) is 5.92 Å². The fourth-order valence-electron chi connectivity index (χ4n) is 1.38. The number of nitrogens with one attached hydrogen (secondary N) is 2. The summed E-state index contributed by atoms with van der Waals surface area (Å²) in [6.45, 7) is 8.60. The summed E-state index contributed by atoms with van der Waals surface area (Å²) in [7, 11) is -3.54. The smallest absolute Gasteiger partial charge is 0.262 e. The van der Waals surface area contributed by atoms with Gasteiger partial charge in [-0.25, -0.2) is 8.42 Å². The molecule has 0 saturated heterocycles. The number of rotatable bonds is 7. The first-order valence-electron chi connectivity index (χ1n) is 6.02. The number of halogens is 1. The van der Waals surface area contributed by atoms with Crippen LogP contribution in [0.15, 0.2) is 41.6 Å².